The summed E-state index contributed by atoms with van der Waals surface area (Å²) in [7, 11) is 2.09. The predicted octanol–water partition coefficient (Wildman–Crippen LogP) is 3.29. The Bertz CT molecular complexity index is 328. The number of hydrogen-bond acceptors (Lipinski definition) is 2. The molecule has 96 valence electrons. The van der Waals surface area contributed by atoms with E-state index in [1.54, 1.807) is 0 Å². The van der Waals surface area contributed by atoms with Crippen LogP contribution in [0.15, 0.2) is 24.3 Å². The molecule has 0 heterocycles. The van der Waals surface area contributed by atoms with Crippen LogP contribution in [-0.4, -0.2) is 24.5 Å². The van der Waals surface area contributed by atoms with Crippen molar-refractivity contribution < 1.29 is 0 Å². The summed E-state index contributed by atoms with van der Waals surface area (Å²) in [4.78, 5) is 2.24. The minimum atomic E-state index is 0.266. The molecule has 2 N–H and O–H groups in total. The van der Waals surface area contributed by atoms with Gasteiger partial charge in [-0.2, -0.15) is 0 Å². The summed E-state index contributed by atoms with van der Waals surface area (Å²) in [5.41, 5.74) is 7.24. The van der Waals surface area contributed by atoms with Gasteiger partial charge < -0.3 is 10.6 Å². The molecule has 0 aliphatic heterocycles. The van der Waals surface area contributed by atoms with E-state index < -0.39 is 0 Å². The fraction of sp³-hybridized carbons (Fsp3) is 0.571. The molecule has 1 aromatic rings. The first-order valence-corrected chi connectivity index (χ1v) is 6.68. The average molecular weight is 255 g/mol. The lowest BCUT2D eigenvalue weighted by Gasteiger charge is -2.21. The van der Waals surface area contributed by atoms with Crippen molar-refractivity contribution in [2.75, 3.05) is 13.6 Å². The lowest BCUT2D eigenvalue weighted by molar-refractivity contribution is 0.295. The van der Waals surface area contributed by atoms with Gasteiger partial charge in [-0.1, -0.05) is 49.6 Å². The molecule has 0 spiro atoms. The SMILES string of the molecule is CCCCC(N)CN(C)Cc1ccccc1Cl. The summed E-state index contributed by atoms with van der Waals surface area (Å²) >= 11 is 6.13. The maximum absolute atomic E-state index is 6.13. The summed E-state index contributed by atoms with van der Waals surface area (Å²) in [5, 5.41) is 0.835. The molecule has 0 aliphatic rings. The molecule has 0 saturated carbocycles. The van der Waals surface area contributed by atoms with Gasteiger partial charge in [0.1, 0.15) is 0 Å². The minimum absolute atomic E-state index is 0.266. The van der Waals surface area contributed by atoms with Crippen LogP contribution >= 0.6 is 11.6 Å². The number of nitrogens with zero attached hydrogens (tertiary/aromatic N) is 1. The van der Waals surface area contributed by atoms with Crippen LogP contribution in [0.2, 0.25) is 5.02 Å². The molecule has 0 amide bonds. The van der Waals surface area contributed by atoms with E-state index in [9.17, 15) is 0 Å². The van der Waals surface area contributed by atoms with Crippen LogP contribution in [0.5, 0.6) is 0 Å². The van der Waals surface area contributed by atoms with Crippen LogP contribution in [0.4, 0.5) is 0 Å². The van der Waals surface area contributed by atoms with Gasteiger partial charge in [0.2, 0.25) is 0 Å². The van der Waals surface area contributed by atoms with E-state index in [0.717, 1.165) is 24.5 Å². The van der Waals surface area contributed by atoms with Crippen LogP contribution < -0.4 is 5.73 Å². The lowest BCUT2D eigenvalue weighted by Crippen LogP contribution is -2.34. The highest BCUT2D eigenvalue weighted by molar-refractivity contribution is 6.31. The van der Waals surface area contributed by atoms with Crippen LogP contribution in [0, 0.1) is 0 Å². The van der Waals surface area contributed by atoms with Crippen molar-refractivity contribution in [2.45, 2.75) is 38.8 Å². The van der Waals surface area contributed by atoms with E-state index in [1.165, 1.54) is 18.4 Å². The fourth-order valence-corrected chi connectivity index (χ4v) is 2.14. The molecule has 1 unspecified atom stereocenters. The maximum Gasteiger partial charge on any atom is 0.0451 e. The van der Waals surface area contributed by atoms with Crippen molar-refractivity contribution in [1.29, 1.82) is 0 Å². The fourth-order valence-electron chi connectivity index (χ4n) is 1.94. The molecular weight excluding hydrogens is 232 g/mol. The molecular formula is C14H23ClN2. The van der Waals surface area contributed by atoms with Crippen LogP contribution in [-0.2, 0) is 6.54 Å². The van der Waals surface area contributed by atoms with Crippen LogP contribution in [0.25, 0.3) is 0 Å². The van der Waals surface area contributed by atoms with E-state index in [-0.39, 0.29) is 6.04 Å². The zero-order valence-electron chi connectivity index (χ0n) is 10.8. The van der Waals surface area contributed by atoms with Gasteiger partial charge in [0, 0.05) is 24.2 Å². The van der Waals surface area contributed by atoms with Gasteiger partial charge in [-0.25, -0.2) is 0 Å². The second kappa shape index (κ2) is 7.70. The first kappa shape index (κ1) is 14.5. The van der Waals surface area contributed by atoms with Crippen LogP contribution in [0.3, 0.4) is 0 Å². The maximum atomic E-state index is 6.13. The van der Waals surface area contributed by atoms with E-state index in [2.05, 4.69) is 24.9 Å². The molecule has 0 aromatic heterocycles. The number of halogens is 1. The quantitative estimate of drug-likeness (QED) is 0.809. The Morgan fingerprint density at radius 1 is 1.35 bits per heavy atom. The van der Waals surface area contributed by atoms with E-state index in [0.29, 0.717) is 0 Å². The minimum Gasteiger partial charge on any atom is -0.327 e. The molecule has 0 fully saturated rings. The third-order valence-corrected chi connectivity index (χ3v) is 3.24. The van der Waals surface area contributed by atoms with Crippen LogP contribution in [0.1, 0.15) is 31.7 Å². The van der Waals surface area contributed by atoms with Crippen molar-refractivity contribution in [3.05, 3.63) is 34.9 Å². The standard InChI is InChI=1S/C14H23ClN2/c1-3-4-8-13(16)11-17(2)10-12-7-5-6-9-14(12)15/h5-7,9,13H,3-4,8,10-11,16H2,1-2H3. The number of hydrogen-bond donors (Lipinski definition) is 1. The van der Waals surface area contributed by atoms with Crippen molar-refractivity contribution in [3.8, 4) is 0 Å². The van der Waals surface area contributed by atoms with E-state index in [4.69, 9.17) is 17.3 Å². The van der Waals surface area contributed by atoms with E-state index >= 15 is 0 Å². The highest BCUT2D eigenvalue weighted by Crippen LogP contribution is 2.16. The van der Waals surface area contributed by atoms with Gasteiger partial charge in [-0.05, 0) is 25.1 Å². The van der Waals surface area contributed by atoms with E-state index in [1.807, 2.05) is 18.2 Å². The summed E-state index contributed by atoms with van der Waals surface area (Å²) in [6.45, 7) is 3.98. The Kier molecular flexibility index (Phi) is 6.56. The lowest BCUT2D eigenvalue weighted by atomic mass is 10.1. The second-order valence-corrected chi connectivity index (χ2v) is 5.10. The Labute approximate surface area is 110 Å². The Morgan fingerprint density at radius 2 is 2.06 bits per heavy atom. The van der Waals surface area contributed by atoms with Crippen molar-refractivity contribution in [2.24, 2.45) is 5.73 Å². The number of unbranched alkanes of at least 4 members (excludes halogenated alkanes) is 1. The third-order valence-electron chi connectivity index (χ3n) is 2.87. The highest BCUT2D eigenvalue weighted by atomic mass is 35.5. The second-order valence-electron chi connectivity index (χ2n) is 4.69. The number of nitrogens with two attached hydrogens (primary N) is 1. The number of likely N-dealkylation sites (N-methyl/N-ethyl adjacent to an activating group) is 1. The van der Waals surface area contributed by atoms with Crippen molar-refractivity contribution >= 4 is 11.6 Å². The molecule has 1 rings (SSSR count). The Hall–Kier alpha value is -0.570. The first-order valence-electron chi connectivity index (χ1n) is 6.31. The third kappa shape index (κ3) is 5.53. The topological polar surface area (TPSA) is 29.3 Å². The Balaban J connectivity index is 2.39. The molecule has 0 aliphatic carbocycles. The normalized spacial score (nSPS) is 13.0. The predicted molar refractivity (Wildman–Crippen MR) is 75.3 cm³/mol. The van der Waals surface area contributed by atoms with Gasteiger partial charge in [0.15, 0.2) is 0 Å². The summed E-state index contributed by atoms with van der Waals surface area (Å²) < 4.78 is 0. The van der Waals surface area contributed by atoms with Gasteiger partial charge in [-0.15, -0.1) is 0 Å². The van der Waals surface area contributed by atoms with Gasteiger partial charge in [0.25, 0.3) is 0 Å². The largest absolute Gasteiger partial charge is 0.327 e. The average Bonchev–Trinajstić information content (AvgIpc) is 2.29. The molecule has 0 radical (unpaired) electrons. The van der Waals surface area contributed by atoms with Gasteiger partial charge in [0.05, 0.1) is 0 Å². The number of benzene rings is 1. The molecule has 2 nitrogen and oxygen atoms in total. The zero-order valence-corrected chi connectivity index (χ0v) is 11.6. The monoisotopic (exact) mass is 254 g/mol. The molecule has 0 bridgehead atoms. The number of rotatable bonds is 7. The van der Waals surface area contributed by atoms with Gasteiger partial charge in [-0.3, -0.25) is 0 Å². The zero-order chi connectivity index (χ0) is 12.7. The summed E-state index contributed by atoms with van der Waals surface area (Å²) in [6, 6.07) is 8.24. The first-order chi connectivity index (χ1) is 8.13. The Morgan fingerprint density at radius 3 is 2.71 bits per heavy atom. The molecule has 0 saturated heterocycles. The smallest absolute Gasteiger partial charge is 0.0451 e. The van der Waals surface area contributed by atoms with Crippen molar-refractivity contribution in [3.63, 3.8) is 0 Å². The molecule has 3 heteroatoms. The van der Waals surface area contributed by atoms with Crippen molar-refractivity contribution in [1.82, 2.24) is 4.90 Å². The van der Waals surface area contributed by atoms with Gasteiger partial charge >= 0.3 is 0 Å². The summed E-state index contributed by atoms with van der Waals surface area (Å²) in [5.74, 6) is 0. The molecule has 17 heavy (non-hydrogen) atoms. The molecule has 1 atom stereocenters. The summed E-state index contributed by atoms with van der Waals surface area (Å²) in [6.07, 6.45) is 3.52. The highest BCUT2D eigenvalue weighted by Gasteiger charge is 2.08. The molecule has 1 aromatic carbocycles.